The fraction of sp³-hybridized carbons (Fsp3) is 0.429. The number of anilines is 1. The lowest BCUT2D eigenvalue weighted by molar-refractivity contribution is -0.138. The number of rotatable bonds is 5. The molecule has 0 radical (unpaired) electrons. The molecule has 7 heteroatoms. The van der Waals surface area contributed by atoms with Crippen molar-refractivity contribution in [3.05, 3.63) is 29.8 Å². The number of aliphatic carboxylic acids is 1. The smallest absolute Gasteiger partial charge is 0.303 e. The zero-order chi connectivity index (χ0) is 15.4. The van der Waals surface area contributed by atoms with E-state index in [0.29, 0.717) is 19.2 Å². The predicted molar refractivity (Wildman–Crippen MR) is 71.8 cm³/mol. The normalized spacial score (nSPS) is 18.7. The Morgan fingerprint density at radius 1 is 1.38 bits per heavy atom. The average molecular weight is 298 g/mol. The summed E-state index contributed by atoms with van der Waals surface area (Å²) in [7, 11) is 0. The summed E-state index contributed by atoms with van der Waals surface area (Å²) in [6.07, 6.45) is 0.815. The highest BCUT2D eigenvalue weighted by Crippen LogP contribution is 2.20. The van der Waals surface area contributed by atoms with Gasteiger partial charge in [0.05, 0.1) is 12.2 Å². The lowest BCUT2D eigenvalue weighted by Gasteiger charge is -2.15. The van der Waals surface area contributed by atoms with Crippen LogP contribution in [-0.4, -0.2) is 41.5 Å². The first-order valence-electron chi connectivity index (χ1n) is 6.63. The minimum atomic E-state index is -0.848. The van der Waals surface area contributed by atoms with Crippen LogP contribution in [-0.2, 0) is 9.59 Å². The fourth-order valence-electron chi connectivity index (χ4n) is 2.45. The fourth-order valence-corrected chi connectivity index (χ4v) is 2.45. The van der Waals surface area contributed by atoms with E-state index < -0.39 is 23.5 Å². The Hall–Kier alpha value is -2.02. The van der Waals surface area contributed by atoms with Crippen LogP contribution in [0.5, 0.6) is 0 Å². The Labute approximate surface area is 120 Å². The second-order valence-corrected chi connectivity index (χ2v) is 5.16. The number of carbonyl (C=O) groups is 2. The molecule has 5 nitrogen and oxygen atoms in total. The zero-order valence-electron chi connectivity index (χ0n) is 11.3. The molecule has 0 bridgehead atoms. The van der Waals surface area contributed by atoms with E-state index in [4.69, 9.17) is 5.11 Å². The highest BCUT2D eigenvalue weighted by Gasteiger charge is 2.25. The SMILES string of the molecule is O=C(O)CC1CCN(CC(=O)Nc2ccc(F)cc2F)C1. The molecule has 2 N–H and O–H groups in total. The van der Waals surface area contributed by atoms with Gasteiger partial charge in [0.1, 0.15) is 11.6 Å². The summed E-state index contributed by atoms with van der Waals surface area (Å²) < 4.78 is 26.1. The minimum absolute atomic E-state index is 0.0397. The van der Waals surface area contributed by atoms with Crippen LogP contribution in [0.2, 0.25) is 0 Å². The molecule has 0 aromatic heterocycles. The van der Waals surface area contributed by atoms with Crippen molar-refractivity contribution in [1.82, 2.24) is 4.90 Å². The van der Waals surface area contributed by atoms with Gasteiger partial charge < -0.3 is 10.4 Å². The Bertz CT molecular complexity index is 551. The maximum absolute atomic E-state index is 13.4. The average Bonchev–Trinajstić information content (AvgIpc) is 2.79. The second kappa shape index (κ2) is 6.62. The third kappa shape index (κ3) is 4.49. The van der Waals surface area contributed by atoms with Crippen molar-refractivity contribution >= 4 is 17.6 Å². The summed E-state index contributed by atoms with van der Waals surface area (Å²) in [6, 6.07) is 2.94. The maximum atomic E-state index is 13.4. The number of nitrogens with zero attached hydrogens (tertiary/aromatic N) is 1. The van der Waals surface area contributed by atoms with Crippen LogP contribution >= 0.6 is 0 Å². The van der Waals surface area contributed by atoms with Crippen LogP contribution in [0.1, 0.15) is 12.8 Å². The van der Waals surface area contributed by atoms with Crippen molar-refractivity contribution in [3.63, 3.8) is 0 Å². The summed E-state index contributed by atoms with van der Waals surface area (Å²) in [4.78, 5) is 24.2. The summed E-state index contributed by atoms with van der Waals surface area (Å²) in [5.41, 5.74) is -0.0670. The molecule has 1 aliphatic heterocycles. The third-order valence-corrected chi connectivity index (χ3v) is 3.41. The lowest BCUT2D eigenvalue weighted by Crippen LogP contribution is -2.32. The van der Waals surface area contributed by atoms with Crippen molar-refractivity contribution < 1.29 is 23.5 Å². The number of amides is 1. The molecular formula is C14H16F2N2O3. The van der Waals surface area contributed by atoms with Crippen molar-refractivity contribution in [2.45, 2.75) is 12.8 Å². The second-order valence-electron chi connectivity index (χ2n) is 5.16. The van der Waals surface area contributed by atoms with E-state index in [9.17, 15) is 18.4 Å². The first-order chi connectivity index (χ1) is 9.94. The summed E-state index contributed by atoms with van der Waals surface area (Å²) >= 11 is 0. The van der Waals surface area contributed by atoms with E-state index >= 15 is 0 Å². The number of likely N-dealkylation sites (tertiary alicyclic amines) is 1. The number of hydrogen-bond acceptors (Lipinski definition) is 3. The molecule has 1 atom stereocenters. The number of carboxylic acid groups (broad SMARTS) is 1. The van der Waals surface area contributed by atoms with Gasteiger partial charge in [0, 0.05) is 19.0 Å². The van der Waals surface area contributed by atoms with Gasteiger partial charge in [0.15, 0.2) is 0 Å². The van der Waals surface area contributed by atoms with E-state index in [2.05, 4.69) is 5.32 Å². The Morgan fingerprint density at radius 3 is 2.81 bits per heavy atom. The molecule has 2 rings (SSSR count). The highest BCUT2D eigenvalue weighted by atomic mass is 19.1. The molecule has 21 heavy (non-hydrogen) atoms. The first kappa shape index (κ1) is 15.4. The van der Waals surface area contributed by atoms with Gasteiger partial charge in [-0.1, -0.05) is 0 Å². The van der Waals surface area contributed by atoms with Gasteiger partial charge in [-0.2, -0.15) is 0 Å². The number of carbonyl (C=O) groups excluding carboxylic acids is 1. The molecule has 1 aliphatic rings. The van der Waals surface area contributed by atoms with Gasteiger partial charge in [-0.05, 0) is 31.0 Å². The molecule has 0 spiro atoms. The number of carboxylic acids is 1. The number of nitrogens with one attached hydrogen (secondary N) is 1. The number of halogens is 2. The van der Waals surface area contributed by atoms with Gasteiger partial charge in [-0.25, -0.2) is 8.78 Å². The van der Waals surface area contributed by atoms with Crippen molar-refractivity contribution in [2.75, 3.05) is 25.0 Å². The van der Waals surface area contributed by atoms with E-state index in [-0.39, 0.29) is 24.6 Å². The highest BCUT2D eigenvalue weighted by molar-refractivity contribution is 5.92. The Kier molecular flexibility index (Phi) is 4.85. The van der Waals surface area contributed by atoms with Crippen LogP contribution in [0, 0.1) is 17.6 Å². The predicted octanol–water partition coefficient (Wildman–Crippen LogP) is 1.70. The Balaban J connectivity index is 1.84. The number of benzene rings is 1. The molecular weight excluding hydrogens is 282 g/mol. The zero-order valence-corrected chi connectivity index (χ0v) is 11.3. The van der Waals surface area contributed by atoms with E-state index in [1.807, 2.05) is 4.90 Å². The van der Waals surface area contributed by atoms with Crippen molar-refractivity contribution in [1.29, 1.82) is 0 Å². The molecule has 1 unspecified atom stereocenters. The minimum Gasteiger partial charge on any atom is -0.481 e. The van der Waals surface area contributed by atoms with Crippen LogP contribution in [0.15, 0.2) is 18.2 Å². The topological polar surface area (TPSA) is 69.6 Å². The van der Waals surface area contributed by atoms with Gasteiger partial charge in [0.25, 0.3) is 0 Å². The molecule has 1 aromatic rings. The largest absolute Gasteiger partial charge is 0.481 e. The third-order valence-electron chi connectivity index (χ3n) is 3.41. The van der Waals surface area contributed by atoms with Crippen molar-refractivity contribution in [2.24, 2.45) is 5.92 Å². The molecule has 1 aromatic carbocycles. The lowest BCUT2D eigenvalue weighted by atomic mass is 10.1. The summed E-state index contributed by atoms with van der Waals surface area (Å²) in [5, 5.41) is 11.1. The van der Waals surface area contributed by atoms with Gasteiger partial charge >= 0.3 is 5.97 Å². The summed E-state index contributed by atoms with van der Waals surface area (Å²) in [5.74, 6) is -2.75. The van der Waals surface area contributed by atoms with E-state index in [1.54, 1.807) is 0 Å². The van der Waals surface area contributed by atoms with Crippen molar-refractivity contribution in [3.8, 4) is 0 Å². The van der Waals surface area contributed by atoms with Gasteiger partial charge in [0.2, 0.25) is 5.91 Å². The monoisotopic (exact) mass is 298 g/mol. The molecule has 0 aliphatic carbocycles. The maximum Gasteiger partial charge on any atom is 0.303 e. The van der Waals surface area contributed by atoms with Crippen LogP contribution in [0.4, 0.5) is 14.5 Å². The van der Waals surface area contributed by atoms with Gasteiger partial charge in [-0.3, -0.25) is 14.5 Å². The molecule has 1 amide bonds. The molecule has 1 saturated heterocycles. The number of hydrogen-bond donors (Lipinski definition) is 2. The molecule has 1 fully saturated rings. The van der Waals surface area contributed by atoms with Crippen LogP contribution in [0.25, 0.3) is 0 Å². The van der Waals surface area contributed by atoms with E-state index in [1.165, 1.54) is 6.07 Å². The standard InChI is InChI=1S/C14H16F2N2O3/c15-10-1-2-12(11(16)6-10)17-13(19)8-18-4-3-9(7-18)5-14(20)21/h1-2,6,9H,3-5,7-8H2,(H,17,19)(H,20,21). The quantitative estimate of drug-likeness (QED) is 0.868. The molecule has 1 heterocycles. The molecule has 0 saturated carbocycles. The Morgan fingerprint density at radius 2 is 2.14 bits per heavy atom. The van der Waals surface area contributed by atoms with Crippen LogP contribution < -0.4 is 5.32 Å². The molecule has 114 valence electrons. The van der Waals surface area contributed by atoms with Gasteiger partial charge in [-0.15, -0.1) is 0 Å². The van der Waals surface area contributed by atoms with E-state index in [0.717, 1.165) is 12.5 Å². The van der Waals surface area contributed by atoms with Crippen LogP contribution in [0.3, 0.4) is 0 Å². The first-order valence-corrected chi connectivity index (χ1v) is 6.63. The summed E-state index contributed by atoms with van der Waals surface area (Å²) in [6.45, 7) is 1.23.